The topological polar surface area (TPSA) is 50.2 Å². The van der Waals surface area contributed by atoms with E-state index in [1.807, 2.05) is 31.0 Å². The van der Waals surface area contributed by atoms with Crippen molar-refractivity contribution in [2.75, 3.05) is 26.0 Å². The van der Waals surface area contributed by atoms with Gasteiger partial charge < -0.3 is 10.2 Å². The normalized spacial score (nSPS) is 24.4. The van der Waals surface area contributed by atoms with Gasteiger partial charge in [0.25, 0.3) is 0 Å². The first-order valence-corrected chi connectivity index (χ1v) is 9.16. The minimum Gasteiger partial charge on any atom is -0.309 e. The predicted molar refractivity (Wildman–Crippen MR) is 98.6 cm³/mol. The number of hydrogen-bond acceptors (Lipinski definition) is 3. The Morgan fingerprint density at radius 2 is 2.20 bits per heavy atom. The molecule has 2 aliphatic carbocycles. The fraction of sp³-hybridized carbons (Fsp3) is 0.500. The van der Waals surface area contributed by atoms with Gasteiger partial charge in [0, 0.05) is 30.1 Å². The zero-order chi connectivity index (χ0) is 17.4. The van der Waals surface area contributed by atoms with E-state index in [2.05, 4.69) is 39.6 Å². The highest BCUT2D eigenvalue weighted by molar-refractivity contribution is 5.95. The van der Waals surface area contributed by atoms with Crippen LogP contribution in [0.2, 0.25) is 0 Å². The van der Waals surface area contributed by atoms with E-state index in [1.165, 1.54) is 17.5 Å². The summed E-state index contributed by atoms with van der Waals surface area (Å²) < 4.78 is 1.88. The van der Waals surface area contributed by atoms with E-state index >= 15 is 0 Å². The summed E-state index contributed by atoms with van der Waals surface area (Å²) >= 11 is 0. The summed E-state index contributed by atoms with van der Waals surface area (Å²) in [5, 5.41) is 7.50. The van der Waals surface area contributed by atoms with Gasteiger partial charge in [-0.1, -0.05) is 24.3 Å². The molecule has 1 saturated carbocycles. The van der Waals surface area contributed by atoms with Crippen molar-refractivity contribution in [1.82, 2.24) is 14.7 Å². The van der Waals surface area contributed by atoms with E-state index in [4.69, 9.17) is 0 Å². The molecule has 1 spiro atoms. The number of carbonyl (C=O) groups is 1. The third-order valence-electron chi connectivity index (χ3n) is 5.68. The number of likely N-dealkylation sites (N-methyl/N-ethyl adjacent to an activating group) is 1. The summed E-state index contributed by atoms with van der Waals surface area (Å²) in [6.45, 7) is 1.75. The Balaban J connectivity index is 1.42. The molecule has 2 aromatic rings. The molecule has 1 fully saturated rings. The van der Waals surface area contributed by atoms with Gasteiger partial charge in [-0.15, -0.1) is 0 Å². The summed E-state index contributed by atoms with van der Waals surface area (Å²) in [5.41, 5.74) is 2.90. The molecular weight excluding hydrogens is 312 g/mol. The molecule has 1 aromatic heterocycles. The number of amides is 1. The van der Waals surface area contributed by atoms with Crippen molar-refractivity contribution < 1.29 is 4.79 Å². The number of aryl methyl sites for hydroxylation is 1. The molecule has 0 saturated heterocycles. The predicted octanol–water partition coefficient (Wildman–Crippen LogP) is 2.68. The van der Waals surface area contributed by atoms with Gasteiger partial charge in [-0.3, -0.25) is 9.48 Å². The lowest BCUT2D eigenvalue weighted by Gasteiger charge is -2.26. The first kappa shape index (κ1) is 16.3. The van der Waals surface area contributed by atoms with Crippen LogP contribution in [0.25, 0.3) is 0 Å². The summed E-state index contributed by atoms with van der Waals surface area (Å²) in [5.74, 6) is 0.866. The number of benzene rings is 1. The van der Waals surface area contributed by atoms with Gasteiger partial charge >= 0.3 is 0 Å². The SMILES string of the molecule is CN(C)CCn1ccc(NC(=O)[C@@H]2C[C@@]23CCCc2ccccc23)n1. The van der Waals surface area contributed by atoms with Crippen molar-refractivity contribution in [3.05, 3.63) is 47.7 Å². The monoisotopic (exact) mass is 338 g/mol. The summed E-state index contributed by atoms with van der Waals surface area (Å²) in [4.78, 5) is 14.9. The van der Waals surface area contributed by atoms with Crippen molar-refractivity contribution >= 4 is 11.7 Å². The Kier molecular flexibility index (Phi) is 4.12. The van der Waals surface area contributed by atoms with Crippen molar-refractivity contribution in [1.29, 1.82) is 0 Å². The molecule has 0 unspecified atom stereocenters. The van der Waals surface area contributed by atoms with Crippen LogP contribution in [0, 0.1) is 5.92 Å². The van der Waals surface area contributed by atoms with Crippen molar-refractivity contribution in [2.24, 2.45) is 5.92 Å². The van der Waals surface area contributed by atoms with Crippen molar-refractivity contribution in [2.45, 2.75) is 37.6 Å². The highest BCUT2D eigenvalue weighted by Crippen LogP contribution is 2.60. The number of rotatable bonds is 5. The minimum atomic E-state index is 0.0758. The maximum absolute atomic E-state index is 12.8. The van der Waals surface area contributed by atoms with E-state index in [-0.39, 0.29) is 17.2 Å². The number of nitrogens with zero attached hydrogens (tertiary/aromatic N) is 3. The molecule has 1 heterocycles. The van der Waals surface area contributed by atoms with Crippen LogP contribution in [0.1, 0.15) is 30.4 Å². The molecule has 132 valence electrons. The molecule has 5 heteroatoms. The first-order chi connectivity index (χ1) is 12.1. The van der Waals surface area contributed by atoms with Crippen LogP contribution in [0.3, 0.4) is 0 Å². The highest BCUT2D eigenvalue weighted by atomic mass is 16.2. The number of nitrogens with one attached hydrogen (secondary N) is 1. The molecule has 0 radical (unpaired) electrons. The smallest absolute Gasteiger partial charge is 0.229 e. The summed E-state index contributed by atoms with van der Waals surface area (Å²) in [6.07, 6.45) is 6.34. The third kappa shape index (κ3) is 3.09. The summed E-state index contributed by atoms with van der Waals surface area (Å²) in [6, 6.07) is 10.5. The van der Waals surface area contributed by atoms with Crippen LogP contribution < -0.4 is 5.32 Å². The highest BCUT2D eigenvalue weighted by Gasteiger charge is 2.60. The molecule has 2 atom stereocenters. The summed E-state index contributed by atoms with van der Waals surface area (Å²) in [7, 11) is 4.08. The number of hydrogen-bond donors (Lipinski definition) is 1. The quantitative estimate of drug-likeness (QED) is 0.912. The Bertz CT molecular complexity index is 782. The van der Waals surface area contributed by atoms with Crippen LogP contribution in [-0.4, -0.2) is 41.2 Å². The Morgan fingerprint density at radius 3 is 3.04 bits per heavy atom. The van der Waals surface area contributed by atoms with E-state index in [9.17, 15) is 4.79 Å². The van der Waals surface area contributed by atoms with E-state index in [1.54, 1.807) is 0 Å². The van der Waals surface area contributed by atoms with Gasteiger partial charge in [-0.25, -0.2) is 0 Å². The van der Waals surface area contributed by atoms with Crippen LogP contribution >= 0.6 is 0 Å². The molecule has 2 aliphatic rings. The van der Waals surface area contributed by atoms with Gasteiger partial charge in [0.15, 0.2) is 5.82 Å². The maximum atomic E-state index is 12.8. The average Bonchev–Trinajstić information content (AvgIpc) is 3.14. The lowest BCUT2D eigenvalue weighted by molar-refractivity contribution is -0.117. The average molecular weight is 338 g/mol. The molecule has 4 rings (SSSR count). The number of anilines is 1. The lowest BCUT2D eigenvalue weighted by Crippen LogP contribution is -2.25. The fourth-order valence-electron chi connectivity index (χ4n) is 4.24. The zero-order valence-corrected chi connectivity index (χ0v) is 15.0. The van der Waals surface area contributed by atoms with Gasteiger partial charge in [-0.2, -0.15) is 5.10 Å². The first-order valence-electron chi connectivity index (χ1n) is 9.16. The van der Waals surface area contributed by atoms with E-state index < -0.39 is 0 Å². The van der Waals surface area contributed by atoms with Crippen LogP contribution in [0.4, 0.5) is 5.82 Å². The van der Waals surface area contributed by atoms with Gasteiger partial charge in [0.1, 0.15) is 0 Å². The van der Waals surface area contributed by atoms with Gasteiger partial charge in [-0.05, 0) is 50.9 Å². The minimum absolute atomic E-state index is 0.0758. The zero-order valence-electron chi connectivity index (χ0n) is 15.0. The Labute approximate surface area is 149 Å². The fourth-order valence-corrected chi connectivity index (χ4v) is 4.24. The second-order valence-electron chi connectivity index (χ2n) is 7.68. The third-order valence-corrected chi connectivity index (χ3v) is 5.68. The number of fused-ring (bicyclic) bond motifs is 2. The molecule has 25 heavy (non-hydrogen) atoms. The molecule has 1 amide bonds. The molecule has 0 aliphatic heterocycles. The van der Waals surface area contributed by atoms with E-state index in [0.717, 1.165) is 32.4 Å². The second kappa shape index (κ2) is 6.30. The van der Waals surface area contributed by atoms with Gasteiger partial charge in [0.2, 0.25) is 5.91 Å². The second-order valence-corrected chi connectivity index (χ2v) is 7.68. The lowest BCUT2D eigenvalue weighted by atomic mass is 9.78. The van der Waals surface area contributed by atoms with Crippen LogP contribution in [0.5, 0.6) is 0 Å². The Morgan fingerprint density at radius 1 is 1.36 bits per heavy atom. The maximum Gasteiger partial charge on any atom is 0.229 e. The van der Waals surface area contributed by atoms with Gasteiger partial charge in [0.05, 0.1) is 6.54 Å². The van der Waals surface area contributed by atoms with Crippen molar-refractivity contribution in [3.63, 3.8) is 0 Å². The molecule has 1 N–H and O–H groups in total. The largest absolute Gasteiger partial charge is 0.309 e. The number of aromatic nitrogens is 2. The molecule has 0 bridgehead atoms. The van der Waals surface area contributed by atoms with Crippen molar-refractivity contribution in [3.8, 4) is 0 Å². The van der Waals surface area contributed by atoms with E-state index in [0.29, 0.717) is 5.82 Å². The molecule has 1 aromatic carbocycles. The standard InChI is InChI=1S/C20H26N4O/c1-23(2)12-13-24-11-9-18(22-24)21-19(25)17-14-20(17)10-5-7-15-6-3-4-8-16(15)20/h3-4,6,8-9,11,17H,5,7,10,12-14H2,1-2H3,(H,21,22,25)/t17-,20+/m0/s1. The number of carbonyl (C=O) groups excluding carboxylic acids is 1. The van der Waals surface area contributed by atoms with Crippen LogP contribution in [-0.2, 0) is 23.2 Å². The molecule has 5 nitrogen and oxygen atoms in total. The Hall–Kier alpha value is -2.14. The molecular formula is C20H26N4O. The van der Waals surface area contributed by atoms with Crippen LogP contribution in [0.15, 0.2) is 36.5 Å².